The van der Waals surface area contributed by atoms with E-state index in [2.05, 4.69) is 160 Å². The largest absolute Gasteiger partial charge is 0.461 e. The van der Waals surface area contributed by atoms with Crippen molar-refractivity contribution < 1.29 is 4.74 Å². The topological polar surface area (TPSA) is 60.0 Å². The van der Waals surface area contributed by atoms with Crippen LogP contribution in [0.1, 0.15) is 128 Å². The molecule has 0 amide bonds. The summed E-state index contributed by atoms with van der Waals surface area (Å²) in [7, 11) is -2.45. The molecule has 4 nitrogen and oxygen atoms in total. The number of nitriles is 2. The molecule has 6 aliphatic rings. The fourth-order valence-corrected chi connectivity index (χ4v) is 17.5. The van der Waals surface area contributed by atoms with Crippen molar-refractivity contribution in [2.45, 2.75) is 128 Å². The summed E-state index contributed by atoms with van der Waals surface area (Å²) in [6.07, 6.45) is 23.9. The third kappa shape index (κ3) is 7.97. The van der Waals surface area contributed by atoms with E-state index >= 15 is 0 Å². The Bertz CT molecular complexity index is 2400. The summed E-state index contributed by atoms with van der Waals surface area (Å²) < 4.78 is 6.93. The van der Waals surface area contributed by atoms with Gasteiger partial charge >= 0.3 is 0 Å². The molecule has 5 heteroatoms. The average molecular weight is 848 g/mol. The van der Waals surface area contributed by atoms with Crippen LogP contribution in [0.5, 0.6) is 0 Å². The van der Waals surface area contributed by atoms with Crippen LogP contribution in [0.15, 0.2) is 144 Å². The smallest absolute Gasteiger partial charge is 0.148 e. The number of fused-ring (bicyclic) bond motifs is 3. The normalized spacial score (nSPS) is 24.7. The zero-order valence-corrected chi connectivity index (χ0v) is 39.2. The summed E-state index contributed by atoms with van der Waals surface area (Å²) in [6, 6.07) is 44.6. The highest BCUT2D eigenvalue weighted by molar-refractivity contribution is 7.11. The molecule has 3 aliphatic carbocycles. The zero-order chi connectivity index (χ0) is 43.7. The maximum atomic E-state index is 10.1. The summed E-state index contributed by atoms with van der Waals surface area (Å²) in [4.78, 5) is 2.68. The van der Waals surface area contributed by atoms with Gasteiger partial charge in [0, 0.05) is 29.8 Å². The minimum Gasteiger partial charge on any atom is -0.461 e. The Balaban J connectivity index is 1.08. The van der Waals surface area contributed by atoms with Crippen LogP contribution in [0.4, 0.5) is 5.69 Å². The van der Waals surface area contributed by atoms with E-state index in [0.717, 1.165) is 63.4 Å². The zero-order valence-electron chi connectivity index (χ0n) is 38.2. The van der Waals surface area contributed by atoms with Crippen molar-refractivity contribution >= 4 is 35.4 Å². The van der Waals surface area contributed by atoms with Crippen LogP contribution in [0.25, 0.3) is 6.08 Å². The van der Waals surface area contributed by atoms with E-state index < -0.39 is 8.07 Å². The first-order chi connectivity index (χ1) is 30.6. The number of rotatable bonds is 13. The van der Waals surface area contributed by atoms with E-state index in [-0.39, 0.29) is 21.8 Å². The third-order valence-corrected chi connectivity index (χ3v) is 21.6. The van der Waals surface area contributed by atoms with Gasteiger partial charge in [-0.25, -0.2) is 0 Å². The average Bonchev–Trinajstić information content (AvgIpc) is 3.32. The number of hydrogen-bond donors (Lipinski definition) is 0. The van der Waals surface area contributed by atoms with E-state index in [1.54, 1.807) is 0 Å². The molecule has 3 fully saturated rings. The number of ether oxygens (including phenoxy) is 1. The molecule has 3 saturated carbocycles. The lowest BCUT2D eigenvalue weighted by atomic mass is 9.52. The van der Waals surface area contributed by atoms with Crippen LogP contribution in [0, 0.1) is 33.5 Å². The Hall–Kier alpha value is -5.36. The molecule has 0 aromatic heterocycles. The van der Waals surface area contributed by atoms with Crippen LogP contribution in [0.3, 0.4) is 0 Å². The van der Waals surface area contributed by atoms with E-state index in [0.29, 0.717) is 16.7 Å². The first-order valence-corrected chi connectivity index (χ1v) is 26.2. The molecule has 0 N–H and O–H groups in total. The van der Waals surface area contributed by atoms with Gasteiger partial charge < -0.3 is 9.64 Å². The molecule has 322 valence electrons. The van der Waals surface area contributed by atoms with Gasteiger partial charge in [0.1, 0.15) is 37.3 Å². The van der Waals surface area contributed by atoms with Crippen molar-refractivity contribution in [3.63, 3.8) is 0 Å². The van der Waals surface area contributed by atoms with E-state index in [1.807, 2.05) is 12.2 Å². The molecule has 1 unspecified atom stereocenters. The van der Waals surface area contributed by atoms with Gasteiger partial charge in [0.15, 0.2) is 0 Å². The second kappa shape index (κ2) is 17.3. The molecular weight excluding hydrogens is 783 g/mol. The van der Waals surface area contributed by atoms with Gasteiger partial charge in [0.05, 0.1) is 0 Å². The number of hydrogen-bond acceptors (Lipinski definition) is 4. The van der Waals surface area contributed by atoms with E-state index in [9.17, 15) is 10.5 Å². The van der Waals surface area contributed by atoms with Gasteiger partial charge in [-0.05, 0) is 149 Å². The first kappa shape index (κ1) is 42.9. The molecule has 4 aromatic rings. The number of unbranched alkanes of at least 4 members (excludes halogenated alkanes) is 2. The van der Waals surface area contributed by atoms with Gasteiger partial charge in [-0.3, -0.25) is 0 Å². The fourth-order valence-electron chi connectivity index (χ4n) is 12.4. The van der Waals surface area contributed by atoms with Crippen LogP contribution >= 0.6 is 0 Å². The van der Waals surface area contributed by atoms with Crippen molar-refractivity contribution in [2.24, 2.45) is 10.8 Å². The Morgan fingerprint density at radius 1 is 0.683 bits per heavy atom. The van der Waals surface area contributed by atoms with Gasteiger partial charge in [0.25, 0.3) is 0 Å². The SMILES string of the molecule is CCCCCC12CCC(C3=CC(=C(C#N)C#N)C=C(/C=C/c4cc5c6c(c4)C(C)(CC[Si](c4ccccc4)(c4ccccc4)c4ccccc4)CCN6CCC5(C)C)O3)(CC1)CC2. The summed E-state index contributed by atoms with van der Waals surface area (Å²) in [5, 5.41) is 24.5. The summed E-state index contributed by atoms with van der Waals surface area (Å²) >= 11 is 0. The second-order valence-corrected chi connectivity index (χ2v) is 24.7. The first-order valence-electron chi connectivity index (χ1n) is 24.0. The highest BCUT2D eigenvalue weighted by Crippen LogP contribution is 2.62. The Morgan fingerprint density at radius 3 is 1.83 bits per heavy atom. The van der Waals surface area contributed by atoms with Crippen molar-refractivity contribution in [1.29, 1.82) is 10.5 Å². The quantitative estimate of drug-likeness (QED) is 0.0582. The van der Waals surface area contributed by atoms with Gasteiger partial charge in [-0.15, -0.1) is 0 Å². The predicted molar refractivity (Wildman–Crippen MR) is 263 cm³/mol. The Kier molecular flexibility index (Phi) is 11.8. The lowest BCUT2D eigenvalue weighted by molar-refractivity contribution is -0.0195. The Morgan fingerprint density at radius 2 is 1.25 bits per heavy atom. The Labute approximate surface area is 378 Å². The molecule has 0 saturated heterocycles. The maximum Gasteiger partial charge on any atom is 0.148 e. The monoisotopic (exact) mass is 847 g/mol. The van der Waals surface area contributed by atoms with Crippen LogP contribution in [0.2, 0.25) is 6.04 Å². The number of benzene rings is 4. The molecule has 0 spiro atoms. The second-order valence-electron chi connectivity index (χ2n) is 20.7. The summed E-state index contributed by atoms with van der Waals surface area (Å²) in [5.74, 6) is 1.67. The number of nitrogens with zero attached hydrogens (tertiary/aromatic N) is 3. The van der Waals surface area contributed by atoms with Gasteiger partial charge in [-0.1, -0.05) is 144 Å². The molecule has 10 rings (SSSR count). The van der Waals surface area contributed by atoms with Gasteiger partial charge in [0.2, 0.25) is 0 Å². The van der Waals surface area contributed by atoms with Crippen molar-refractivity contribution in [1.82, 2.24) is 0 Å². The molecular formula is C58H65N3OSi. The van der Waals surface area contributed by atoms with Crippen molar-refractivity contribution in [2.75, 3.05) is 18.0 Å². The summed E-state index contributed by atoms with van der Waals surface area (Å²) in [6.45, 7) is 11.9. The molecule has 3 heterocycles. The minimum atomic E-state index is -2.45. The molecule has 0 radical (unpaired) electrons. The highest BCUT2D eigenvalue weighted by atomic mass is 28.3. The standard InChI is InChI=1S/C58H65N3OSi/c1-5-6-16-25-57-26-29-58(30-27-57,31-28-57)53-41-45(46(42-59)43-60)40-47(62-53)24-23-44-38-51-54-52(39-44)56(4,33-36-61(54)35-32-55(51,2)3)34-37-63(48-17-10-7-11-18-48,49-19-12-8-13-20-49)50-21-14-9-15-22-50/h7-15,17-24,38-41H,5-6,16,25-37H2,1-4H3/b24-23+. The number of allylic oxidation sites excluding steroid dienone is 6. The van der Waals surface area contributed by atoms with Crippen LogP contribution < -0.4 is 20.5 Å². The molecule has 63 heavy (non-hydrogen) atoms. The van der Waals surface area contributed by atoms with E-state index in [1.165, 1.54) is 82.9 Å². The summed E-state index contributed by atoms with van der Waals surface area (Å²) in [5.41, 5.74) is 6.81. The van der Waals surface area contributed by atoms with Crippen molar-refractivity contribution in [3.8, 4) is 12.1 Å². The molecule has 2 bridgehead atoms. The van der Waals surface area contributed by atoms with E-state index in [4.69, 9.17) is 4.74 Å². The van der Waals surface area contributed by atoms with Gasteiger partial charge in [-0.2, -0.15) is 10.5 Å². The third-order valence-electron chi connectivity index (χ3n) is 16.6. The van der Waals surface area contributed by atoms with Crippen LogP contribution in [-0.2, 0) is 15.6 Å². The predicted octanol–water partition coefficient (Wildman–Crippen LogP) is 12.5. The molecule has 1 atom stereocenters. The fraction of sp³-hybridized carbons (Fsp3) is 0.414. The van der Waals surface area contributed by atoms with Crippen molar-refractivity contribution in [3.05, 3.63) is 161 Å². The minimum absolute atomic E-state index is 0.0348. The van der Waals surface area contributed by atoms with Crippen LogP contribution in [-0.4, -0.2) is 21.2 Å². The highest BCUT2D eigenvalue weighted by Gasteiger charge is 2.51. The lowest BCUT2D eigenvalue weighted by Crippen LogP contribution is -2.67. The number of anilines is 1. The molecule has 3 aliphatic heterocycles. The maximum absolute atomic E-state index is 10.1. The lowest BCUT2D eigenvalue weighted by Gasteiger charge is -2.54. The molecule has 4 aromatic carbocycles.